The van der Waals surface area contributed by atoms with Crippen molar-refractivity contribution in [1.29, 1.82) is 0 Å². The summed E-state index contributed by atoms with van der Waals surface area (Å²) < 4.78 is 0. The van der Waals surface area contributed by atoms with Gasteiger partial charge in [-0.05, 0) is 25.2 Å². The second-order valence-electron chi connectivity index (χ2n) is 3.15. The molecule has 3 atom stereocenters. The zero-order valence-electron chi connectivity index (χ0n) is 5.88. The summed E-state index contributed by atoms with van der Waals surface area (Å²) in [6.07, 6.45) is 3.65. The lowest BCUT2D eigenvalue weighted by Gasteiger charge is -2.28. The quantitative estimate of drug-likeness (QED) is 0.495. The summed E-state index contributed by atoms with van der Waals surface area (Å²) in [5.41, 5.74) is 5.76. The summed E-state index contributed by atoms with van der Waals surface area (Å²) in [6, 6.07) is 0.351. The molecule has 3 unspecified atom stereocenters. The maximum absolute atomic E-state index is 5.76. The van der Waals surface area contributed by atoms with Crippen molar-refractivity contribution in [3.63, 3.8) is 0 Å². The van der Waals surface area contributed by atoms with E-state index in [1.54, 1.807) is 0 Å². The van der Waals surface area contributed by atoms with Crippen LogP contribution in [0.3, 0.4) is 0 Å². The highest BCUT2D eigenvalue weighted by atomic mass is 32.1. The van der Waals surface area contributed by atoms with Crippen LogP contribution in [0.2, 0.25) is 0 Å². The smallest absolute Gasteiger partial charge is 0.0171 e. The van der Waals surface area contributed by atoms with Crippen LogP contribution in [-0.4, -0.2) is 11.3 Å². The number of nitrogens with two attached hydrogens (primary N) is 1. The zero-order chi connectivity index (χ0) is 6.85. The molecule has 0 aliphatic heterocycles. The van der Waals surface area contributed by atoms with Gasteiger partial charge in [-0.2, -0.15) is 12.6 Å². The third-order valence-corrected chi connectivity index (χ3v) is 2.72. The minimum atomic E-state index is 0.351. The Morgan fingerprint density at radius 2 is 2.11 bits per heavy atom. The minimum Gasteiger partial charge on any atom is -0.327 e. The fraction of sp³-hybridized carbons (Fsp3) is 1.00. The first-order chi connectivity index (χ1) is 4.20. The average molecular weight is 145 g/mol. The van der Waals surface area contributed by atoms with Gasteiger partial charge in [0, 0.05) is 11.3 Å². The number of hydrogen-bond donors (Lipinski definition) is 2. The Morgan fingerprint density at radius 3 is 2.56 bits per heavy atom. The maximum atomic E-state index is 5.76. The number of rotatable bonds is 0. The van der Waals surface area contributed by atoms with Crippen molar-refractivity contribution in [2.24, 2.45) is 11.7 Å². The summed E-state index contributed by atoms with van der Waals surface area (Å²) in [6.45, 7) is 2.27. The van der Waals surface area contributed by atoms with Gasteiger partial charge in [0.25, 0.3) is 0 Å². The zero-order valence-corrected chi connectivity index (χ0v) is 6.77. The van der Waals surface area contributed by atoms with E-state index in [1.165, 1.54) is 12.8 Å². The fourth-order valence-electron chi connectivity index (χ4n) is 1.37. The standard InChI is InChI=1S/C7H15NS/c1-5-2-3-6(8)7(9)4-5/h5-7,9H,2-4,8H2,1H3. The van der Waals surface area contributed by atoms with E-state index >= 15 is 0 Å². The highest BCUT2D eigenvalue weighted by Crippen LogP contribution is 2.25. The SMILES string of the molecule is CC1CCC(N)C(S)C1. The Kier molecular flexibility index (Phi) is 2.42. The minimum absolute atomic E-state index is 0.351. The van der Waals surface area contributed by atoms with Crippen molar-refractivity contribution in [3.8, 4) is 0 Å². The van der Waals surface area contributed by atoms with Gasteiger partial charge in [-0.1, -0.05) is 6.92 Å². The molecule has 0 aromatic carbocycles. The van der Waals surface area contributed by atoms with E-state index in [0.717, 1.165) is 12.3 Å². The van der Waals surface area contributed by atoms with Crippen LogP contribution < -0.4 is 5.73 Å². The Labute approximate surface area is 62.4 Å². The van der Waals surface area contributed by atoms with Gasteiger partial charge < -0.3 is 5.73 Å². The van der Waals surface area contributed by atoms with Crippen molar-refractivity contribution in [2.45, 2.75) is 37.5 Å². The van der Waals surface area contributed by atoms with E-state index in [0.29, 0.717) is 11.3 Å². The van der Waals surface area contributed by atoms with Gasteiger partial charge in [-0.3, -0.25) is 0 Å². The number of thiol groups is 1. The number of hydrogen-bond acceptors (Lipinski definition) is 2. The molecule has 9 heavy (non-hydrogen) atoms. The van der Waals surface area contributed by atoms with Crippen LogP contribution in [0.4, 0.5) is 0 Å². The molecule has 0 heterocycles. The van der Waals surface area contributed by atoms with Crippen LogP contribution in [0, 0.1) is 5.92 Å². The molecule has 54 valence electrons. The van der Waals surface area contributed by atoms with E-state index in [2.05, 4.69) is 19.6 Å². The topological polar surface area (TPSA) is 26.0 Å². The third kappa shape index (κ3) is 1.87. The molecular formula is C7H15NS. The molecule has 0 aromatic rings. The summed E-state index contributed by atoms with van der Waals surface area (Å²) in [5.74, 6) is 0.840. The van der Waals surface area contributed by atoms with E-state index in [-0.39, 0.29) is 0 Å². The van der Waals surface area contributed by atoms with Crippen LogP contribution in [0.5, 0.6) is 0 Å². The van der Waals surface area contributed by atoms with Crippen molar-refractivity contribution >= 4 is 12.6 Å². The molecule has 1 saturated carbocycles. The van der Waals surface area contributed by atoms with Gasteiger partial charge >= 0.3 is 0 Å². The van der Waals surface area contributed by atoms with E-state index in [4.69, 9.17) is 5.73 Å². The van der Waals surface area contributed by atoms with Crippen LogP contribution in [0.25, 0.3) is 0 Å². The first-order valence-electron chi connectivity index (χ1n) is 3.64. The Hall–Kier alpha value is 0.310. The molecule has 1 fully saturated rings. The highest BCUT2D eigenvalue weighted by molar-refractivity contribution is 7.81. The summed E-state index contributed by atoms with van der Waals surface area (Å²) in [5, 5.41) is 0.453. The second kappa shape index (κ2) is 2.93. The molecule has 0 spiro atoms. The van der Waals surface area contributed by atoms with Gasteiger partial charge in [0.05, 0.1) is 0 Å². The molecule has 0 bridgehead atoms. The van der Waals surface area contributed by atoms with E-state index in [9.17, 15) is 0 Å². The molecule has 2 heteroatoms. The summed E-state index contributed by atoms with van der Waals surface area (Å²) in [4.78, 5) is 0. The molecule has 2 N–H and O–H groups in total. The normalized spacial score (nSPS) is 45.0. The van der Waals surface area contributed by atoms with Crippen molar-refractivity contribution < 1.29 is 0 Å². The Balaban J connectivity index is 2.35. The molecule has 1 nitrogen and oxygen atoms in total. The molecule has 1 aliphatic carbocycles. The Morgan fingerprint density at radius 1 is 1.44 bits per heavy atom. The summed E-state index contributed by atoms with van der Waals surface area (Å²) in [7, 11) is 0. The molecule has 0 radical (unpaired) electrons. The first-order valence-corrected chi connectivity index (χ1v) is 4.15. The molecule has 1 rings (SSSR count). The average Bonchev–Trinajstić information content (AvgIpc) is 1.80. The predicted octanol–water partition coefficient (Wildman–Crippen LogP) is 1.43. The van der Waals surface area contributed by atoms with Gasteiger partial charge in [0.2, 0.25) is 0 Å². The molecule has 0 amide bonds. The highest BCUT2D eigenvalue weighted by Gasteiger charge is 2.22. The molecule has 1 aliphatic rings. The molecule has 0 saturated heterocycles. The monoisotopic (exact) mass is 145 g/mol. The van der Waals surface area contributed by atoms with Gasteiger partial charge in [0.15, 0.2) is 0 Å². The van der Waals surface area contributed by atoms with E-state index in [1.807, 2.05) is 0 Å². The maximum Gasteiger partial charge on any atom is 0.0171 e. The van der Waals surface area contributed by atoms with E-state index < -0.39 is 0 Å². The van der Waals surface area contributed by atoms with Crippen LogP contribution >= 0.6 is 12.6 Å². The molecule has 0 aromatic heterocycles. The van der Waals surface area contributed by atoms with Crippen LogP contribution in [-0.2, 0) is 0 Å². The van der Waals surface area contributed by atoms with Gasteiger partial charge in [-0.25, -0.2) is 0 Å². The second-order valence-corrected chi connectivity index (χ2v) is 3.81. The summed E-state index contributed by atoms with van der Waals surface area (Å²) >= 11 is 4.39. The van der Waals surface area contributed by atoms with Crippen molar-refractivity contribution in [2.75, 3.05) is 0 Å². The predicted molar refractivity (Wildman–Crippen MR) is 43.8 cm³/mol. The van der Waals surface area contributed by atoms with Gasteiger partial charge in [0.1, 0.15) is 0 Å². The Bertz CT molecular complexity index is 94.9. The van der Waals surface area contributed by atoms with Crippen molar-refractivity contribution in [1.82, 2.24) is 0 Å². The third-order valence-electron chi connectivity index (χ3n) is 2.13. The lowest BCUT2D eigenvalue weighted by Crippen LogP contribution is -2.36. The first kappa shape index (κ1) is 7.42. The fourth-order valence-corrected chi connectivity index (χ4v) is 1.88. The molecular weight excluding hydrogens is 130 g/mol. The lowest BCUT2D eigenvalue weighted by atomic mass is 9.87. The lowest BCUT2D eigenvalue weighted by molar-refractivity contribution is 0.359. The van der Waals surface area contributed by atoms with Crippen molar-refractivity contribution in [3.05, 3.63) is 0 Å². The van der Waals surface area contributed by atoms with Crippen LogP contribution in [0.1, 0.15) is 26.2 Å². The van der Waals surface area contributed by atoms with Gasteiger partial charge in [-0.15, -0.1) is 0 Å². The largest absolute Gasteiger partial charge is 0.327 e. The van der Waals surface area contributed by atoms with Crippen LogP contribution in [0.15, 0.2) is 0 Å².